The smallest absolute Gasteiger partial charge is 0.306 e. The van der Waals surface area contributed by atoms with Crippen LogP contribution in [-0.2, 0) is 9.53 Å². The summed E-state index contributed by atoms with van der Waals surface area (Å²) >= 11 is 0. The topological polar surface area (TPSA) is 26.3 Å². The lowest BCUT2D eigenvalue weighted by Crippen LogP contribution is -2.19. The first-order valence-electron chi connectivity index (χ1n) is 4.98. The van der Waals surface area contributed by atoms with Gasteiger partial charge in [-0.1, -0.05) is 29.8 Å². The molecule has 1 unspecified atom stereocenters. The first-order valence-corrected chi connectivity index (χ1v) is 4.98. The maximum atomic E-state index is 11.1. The van der Waals surface area contributed by atoms with Crippen LogP contribution < -0.4 is 0 Å². The number of aryl methyl sites for hydroxylation is 1. The molecule has 0 amide bonds. The molecule has 0 N–H and O–H groups in total. The van der Waals surface area contributed by atoms with Crippen molar-refractivity contribution in [3.8, 4) is 0 Å². The minimum atomic E-state index is -0.0669. The number of carbonyl (C=O) groups excluding carboxylic acids is 1. The van der Waals surface area contributed by atoms with Crippen molar-refractivity contribution in [1.82, 2.24) is 0 Å². The van der Waals surface area contributed by atoms with Gasteiger partial charge in [0.1, 0.15) is 0 Å². The van der Waals surface area contributed by atoms with E-state index < -0.39 is 0 Å². The molecule has 0 spiro atoms. The number of benzene rings is 1. The Labute approximate surface area is 83.9 Å². The highest BCUT2D eigenvalue weighted by molar-refractivity contribution is 5.71. The molecular weight excluding hydrogens is 176 g/mol. The standard InChI is InChI=1S/C12H14O2/c1-9-3-2-4-10(7-9)11-5-6-14-12(13)8-11/h2-4,7,11H,5-6,8H2,1H3. The molecule has 0 radical (unpaired) electrons. The van der Waals surface area contributed by atoms with E-state index in [-0.39, 0.29) is 5.97 Å². The quantitative estimate of drug-likeness (QED) is 0.636. The molecular formula is C12H14O2. The van der Waals surface area contributed by atoms with Gasteiger partial charge in [0.15, 0.2) is 0 Å². The van der Waals surface area contributed by atoms with E-state index in [1.54, 1.807) is 0 Å². The summed E-state index contributed by atoms with van der Waals surface area (Å²) in [4.78, 5) is 11.1. The third-order valence-corrected chi connectivity index (χ3v) is 2.66. The van der Waals surface area contributed by atoms with Gasteiger partial charge >= 0.3 is 5.97 Å². The number of rotatable bonds is 1. The Morgan fingerprint density at radius 1 is 1.43 bits per heavy atom. The molecule has 1 fully saturated rings. The van der Waals surface area contributed by atoms with Crippen LogP contribution in [0.1, 0.15) is 29.9 Å². The zero-order valence-corrected chi connectivity index (χ0v) is 8.32. The van der Waals surface area contributed by atoms with Crippen molar-refractivity contribution >= 4 is 5.97 Å². The van der Waals surface area contributed by atoms with E-state index in [4.69, 9.17) is 4.74 Å². The van der Waals surface area contributed by atoms with Gasteiger partial charge in [-0.25, -0.2) is 0 Å². The van der Waals surface area contributed by atoms with Crippen molar-refractivity contribution in [1.29, 1.82) is 0 Å². The van der Waals surface area contributed by atoms with Gasteiger partial charge in [-0.15, -0.1) is 0 Å². The number of carbonyl (C=O) groups is 1. The molecule has 2 nitrogen and oxygen atoms in total. The molecule has 2 heteroatoms. The van der Waals surface area contributed by atoms with Crippen LogP contribution in [0.2, 0.25) is 0 Å². The van der Waals surface area contributed by atoms with E-state index in [0.29, 0.717) is 18.9 Å². The van der Waals surface area contributed by atoms with Crippen molar-refractivity contribution in [2.75, 3.05) is 6.61 Å². The number of hydrogen-bond acceptors (Lipinski definition) is 2. The van der Waals surface area contributed by atoms with Gasteiger partial charge in [0, 0.05) is 0 Å². The molecule has 1 aliphatic heterocycles. The summed E-state index contributed by atoms with van der Waals surface area (Å²) in [7, 11) is 0. The van der Waals surface area contributed by atoms with Gasteiger partial charge in [-0.2, -0.15) is 0 Å². The molecule has 0 bridgehead atoms. The summed E-state index contributed by atoms with van der Waals surface area (Å²) in [6, 6.07) is 8.37. The lowest BCUT2D eigenvalue weighted by molar-refractivity contribution is -0.147. The van der Waals surface area contributed by atoms with E-state index in [1.807, 2.05) is 6.07 Å². The Morgan fingerprint density at radius 3 is 3.00 bits per heavy atom. The van der Waals surface area contributed by atoms with E-state index >= 15 is 0 Å². The van der Waals surface area contributed by atoms with Gasteiger partial charge in [-0.05, 0) is 24.8 Å². The zero-order valence-electron chi connectivity index (χ0n) is 8.32. The van der Waals surface area contributed by atoms with E-state index in [0.717, 1.165) is 6.42 Å². The van der Waals surface area contributed by atoms with E-state index in [2.05, 4.69) is 25.1 Å². The fraction of sp³-hybridized carbons (Fsp3) is 0.417. The predicted octanol–water partition coefficient (Wildman–Crippen LogP) is 2.42. The zero-order chi connectivity index (χ0) is 9.97. The molecule has 74 valence electrons. The van der Waals surface area contributed by atoms with Crippen molar-refractivity contribution in [2.45, 2.75) is 25.7 Å². The summed E-state index contributed by atoms with van der Waals surface area (Å²) < 4.78 is 4.92. The molecule has 1 aliphatic rings. The Bertz CT molecular complexity index is 344. The largest absolute Gasteiger partial charge is 0.466 e. The minimum absolute atomic E-state index is 0.0669. The van der Waals surface area contributed by atoms with E-state index in [9.17, 15) is 4.79 Å². The molecule has 1 aromatic rings. The summed E-state index contributed by atoms with van der Waals surface area (Å²) in [6.45, 7) is 2.64. The van der Waals surface area contributed by atoms with Gasteiger partial charge in [0.05, 0.1) is 13.0 Å². The highest BCUT2D eigenvalue weighted by Gasteiger charge is 2.21. The second-order valence-corrected chi connectivity index (χ2v) is 3.82. The second-order valence-electron chi connectivity index (χ2n) is 3.82. The van der Waals surface area contributed by atoms with Crippen molar-refractivity contribution in [3.63, 3.8) is 0 Å². The fourth-order valence-corrected chi connectivity index (χ4v) is 1.89. The molecule has 1 atom stereocenters. The van der Waals surface area contributed by atoms with Crippen molar-refractivity contribution in [3.05, 3.63) is 35.4 Å². The van der Waals surface area contributed by atoms with Gasteiger partial charge < -0.3 is 4.74 Å². The van der Waals surface area contributed by atoms with Crippen LogP contribution in [0.5, 0.6) is 0 Å². The Hall–Kier alpha value is -1.31. The molecule has 1 aromatic carbocycles. The monoisotopic (exact) mass is 190 g/mol. The van der Waals surface area contributed by atoms with Gasteiger partial charge in [-0.3, -0.25) is 4.79 Å². The maximum absolute atomic E-state index is 11.1. The number of esters is 1. The molecule has 2 rings (SSSR count). The first-order chi connectivity index (χ1) is 6.75. The third-order valence-electron chi connectivity index (χ3n) is 2.66. The fourth-order valence-electron chi connectivity index (χ4n) is 1.89. The average molecular weight is 190 g/mol. The summed E-state index contributed by atoms with van der Waals surface area (Å²) in [5.41, 5.74) is 2.52. The average Bonchev–Trinajstić information content (AvgIpc) is 2.18. The van der Waals surface area contributed by atoms with Crippen LogP contribution in [0.15, 0.2) is 24.3 Å². The predicted molar refractivity (Wildman–Crippen MR) is 54.1 cm³/mol. The number of hydrogen-bond donors (Lipinski definition) is 0. The molecule has 1 saturated heterocycles. The van der Waals surface area contributed by atoms with Crippen LogP contribution in [0.3, 0.4) is 0 Å². The highest BCUT2D eigenvalue weighted by atomic mass is 16.5. The first kappa shape index (κ1) is 9.25. The number of cyclic esters (lactones) is 1. The molecule has 0 saturated carbocycles. The summed E-state index contributed by atoms with van der Waals surface area (Å²) in [5.74, 6) is 0.291. The van der Waals surface area contributed by atoms with Gasteiger partial charge in [0.2, 0.25) is 0 Å². The second kappa shape index (κ2) is 3.82. The maximum Gasteiger partial charge on any atom is 0.306 e. The summed E-state index contributed by atoms with van der Waals surface area (Å²) in [5, 5.41) is 0. The Kier molecular flexibility index (Phi) is 2.53. The minimum Gasteiger partial charge on any atom is -0.466 e. The highest BCUT2D eigenvalue weighted by Crippen LogP contribution is 2.27. The van der Waals surface area contributed by atoms with Crippen molar-refractivity contribution in [2.24, 2.45) is 0 Å². The summed E-state index contributed by atoms with van der Waals surface area (Å²) in [6.07, 6.45) is 1.48. The SMILES string of the molecule is Cc1cccc(C2CCOC(=O)C2)c1. The lowest BCUT2D eigenvalue weighted by atomic mass is 9.91. The van der Waals surface area contributed by atoms with Crippen molar-refractivity contribution < 1.29 is 9.53 Å². The van der Waals surface area contributed by atoms with Gasteiger partial charge in [0.25, 0.3) is 0 Å². The third kappa shape index (κ3) is 1.95. The van der Waals surface area contributed by atoms with Crippen LogP contribution in [-0.4, -0.2) is 12.6 Å². The molecule has 0 aliphatic carbocycles. The van der Waals surface area contributed by atoms with Crippen LogP contribution in [0.25, 0.3) is 0 Å². The molecule has 1 heterocycles. The van der Waals surface area contributed by atoms with Crippen LogP contribution in [0, 0.1) is 6.92 Å². The Balaban J connectivity index is 2.17. The normalized spacial score (nSPS) is 21.8. The lowest BCUT2D eigenvalue weighted by Gasteiger charge is -2.21. The van der Waals surface area contributed by atoms with E-state index in [1.165, 1.54) is 11.1 Å². The van der Waals surface area contributed by atoms with Crippen LogP contribution >= 0.6 is 0 Å². The molecule has 0 aromatic heterocycles. The number of ether oxygens (including phenoxy) is 1. The van der Waals surface area contributed by atoms with Crippen LogP contribution in [0.4, 0.5) is 0 Å². The Morgan fingerprint density at radius 2 is 2.29 bits per heavy atom. The molecule has 14 heavy (non-hydrogen) atoms.